The molecular weight excluding hydrogens is 343 g/mol. The van der Waals surface area contributed by atoms with Crippen LogP contribution in [0.5, 0.6) is 5.75 Å². The second-order valence-electron chi connectivity index (χ2n) is 3.39. The molecule has 0 aliphatic heterocycles. The maximum Gasteiger partial charge on any atom is 0.210 e. The van der Waals surface area contributed by atoms with Crippen LogP contribution in [0.4, 0.5) is 4.39 Å². The minimum absolute atomic E-state index is 0.127. The van der Waals surface area contributed by atoms with Gasteiger partial charge in [0.05, 0.1) is 13.7 Å². The number of carbonyl (C=O) groups excluding carboxylic acids is 1. The summed E-state index contributed by atoms with van der Waals surface area (Å²) in [6, 6.07) is 7.28. The second kappa shape index (κ2) is 5.82. The Morgan fingerprint density at radius 2 is 2.17 bits per heavy atom. The third-order valence-corrected chi connectivity index (χ3v) is 4.06. The summed E-state index contributed by atoms with van der Waals surface area (Å²) in [5.74, 6) is -0.297. The average molecular weight is 350 g/mol. The number of ether oxygens (including phenoxy) is 1. The minimum Gasteiger partial charge on any atom is -0.484 e. The molecule has 0 saturated carbocycles. The monoisotopic (exact) mass is 348 g/mol. The molecule has 94 valence electrons. The van der Waals surface area contributed by atoms with Crippen LogP contribution >= 0.6 is 38.9 Å². The van der Waals surface area contributed by atoms with Gasteiger partial charge >= 0.3 is 0 Å². The summed E-state index contributed by atoms with van der Waals surface area (Å²) in [6.45, 7) is -0.127. The summed E-state index contributed by atoms with van der Waals surface area (Å²) >= 11 is 10.4. The Hall–Kier alpha value is -0.910. The van der Waals surface area contributed by atoms with Gasteiger partial charge in [0.2, 0.25) is 5.78 Å². The van der Waals surface area contributed by atoms with E-state index >= 15 is 0 Å². The largest absolute Gasteiger partial charge is 0.484 e. The number of benzene rings is 1. The van der Waals surface area contributed by atoms with E-state index in [2.05, 4.69) is 15.9 Å². The normalized spacial score (nSPS) is 10.4. The summed E-state index contributed by atoms with van der Waals surface area (Å²) in [7, 11) is 0. The van der Waals surface area contributed by atoms with Crippen LogP contribution in [0.15, 0.2) is 34.1 Å². The highest BCUT2D eigenvalue weighted by Gasteiger charge is 2.11. The Bertz CT molecular complexity index is 585. The lowest BCUT2D eigenvalue weighted by molar-refractivity contribution is 0.0925. The third kappa shape index (κ3) is 3.31. The van der Waals surface area contributed by atoms with Crippen LogP contribution in [0, 0.1) is 5.82 Å². The molecule has 0 fully saturated rings. The quantitative estimate of drug-likeness (QED) is 0.756. The van der Waals surface area contributed by atoms with Crippen LogP contribution in [0.2, 0.25) is 5.02 Å². The van der Waals surface area contributed by atoms with Crippen molar-refractivity contribution in [3.8, 4) is 5.75 Å². The molecule has 0 spiro atoms. The van der Waals surface area contributed by atoms with Crippen molar-refractivity contribution >= 4 is 44.7 Å². The van der Waals surface area contributed by atoms with Crippen molar-refractivity contribution in [2.24, 2.45) is 0 Å². The summed E-state index contributed by atoms with van der Waals surface area (Å²) < 4.78 is 18.9. The van der Waals surface area contributed by atoms with Gasteiger partial charge in [-0.3, -0.25) is 4.79 Å². The summed E-state index contributed by atoms with van der Waals surface area (Å²) in [5.41, 5.74) is 0. The molecule has 0 atom stereocenters. The van der Waals surface area contributed by atoms with Crippen molar-refractivity contribution in [1.82, 2.24) is 0 Å². The molecule has 0 amide bonds. The predicted molar refractivity (Wildman–Crippen MR) is 73.3 cm³/mol. The molecule has 18 heavy (non-hydrogen) atoms. The second-order valence-corrected chi connectivity index (χ2v) is 6.26. The first-order valence-electron chi connectivity index (χ1n) is 4.92. The molecule has 2 aromatic rings. The fourth-order valence-electron chi connectivity index (χ4n) is 1.27. The van der Waals surface area contributed by atoms with Crippen molar-refractivity contribution in [1.29, 1.82) is 0 Å². The highest BCUT2D eigenvalue weighted by molar-refractivity contribution is 9.11. The number of carbonyl (C=O) groups is 1. The van der Waals surface area contributed by atoms with E-state index in [4.69, 9.17) is 16.3 Å². The number of rotatable bonds is 4. The van der Waals surface area contributed by atoms with E-state index in [0.29, 0.717) is 10.6 Å². The van der Waals surface area contributed by atoms with Gasteiger partial charge in [0.25, 0.3) is 0 Å². The number of hydrogen-bond acceptors (Lipinski definition) is 3. The Kier molecular flexibility index (Phi) is 4.37. The fraction of sp³-hybridized carbons (Fsp3) is 0.0833. The average Bonchev–Trinajstić information content (AvgIpc) is 2.74. The third-order valence-electron chi connectivity index (χ3n) is 2.10. The molecule has 1 heterocycles. The number of ketones is 1. The minimum atomic E-state index is -0.444. The van der Waals surface area contributed by atoms with E-state index in [1.54, 1.807) is 12.1 Å². The number of Topliss-reactive ketones (excluding diaryl/α,β-unsaturated/α-hetero) is 1. The van der Waals surface area contributed by atoms with E-state index in [-0.39, 0.29) is 17.4 Å². The van der Waals surface area contributed by atoms with Gasteiger partial charge < -0.3 is 4.74 Å². The molecule has 0 aliphatic carbocycles. The van der Waals surface area contributed by atoms with Crippen molar-refractivity contribution < 1.29 is 13.9 Å². The van der Waals surface area contributed by atoms with Crippen LogP contribution in [0.25, 0.3) is 0 Å². The van der Waals surface area contributed by atoms with E-state index in [1.807, 2.05) is 0 Å². The Balaban J connectivity index is 2.01. The van der Waals surface area contributed by atoms with Gasteiger partial charge in [0.1, 0.15) is 11.6 Å². The van der Waals surface area contributed by atoms with Gasteiger partial charge in [-0.15, -0.1) is 11.3 Å². The predicted octanol–water partition coefficient (Wildman–Crippen LogP) is 4.56. The molecule has 0 radical (unpaired) electrons. The first-order chi connectivity index (χ1) is 8.56. The van der Waals surface area contributed by atoms with Gasteiger partial charge in [-0.05, 0) is 46.3 Å². The van der Waals surface area contributed by atoms with Crippen LogP contribution in [0.3, 0.4) is 0 Å². The summed E-state index contributed by atoms with van der Waals surface area (Å²) in [5, 5.41) is 0.148. The number of thiophene rings is 1. The molecule has 2 rings (SSSR count). The van der Waals surface area contributed by atoms with E-state index in [0.717, 1.165) is 9.85 Å². The van der Waals surface area contributed by atoms with Crippen LogP contribution < -0.4 is 4.74 Å². The molecule has 1 aromatic heterocycles. The van der Waals surface area contributed by atoms with Gasteiger partial charge in [0.15, 0.2) is 6.61 Å². The highest BCUT2D eigenvalue weighted by atomic mass is 79.9. The first kappa shape index (κ1) is 13.5. The van der Waals surface area contributed by atoms with Gasteiger partial charge in [0, 0.05) is 0 Å². The van der Waals surface area contributed by atoms with Gasteiger partial charge in [-0.2, -0.15) is 0 Å². The van der Waals surface area contributed by atoms with Crippen LogP contribution in [-0.4, -0.2) is 12.4 Å². The maximum absolute atomic E-state index is 12.8. The van der Waals surface area contributed by atoms with Gasteiger partial charge in [-0.1, -0.05) is 11.6 Å². The summed E-state index contributed by atoms with van der Waals surface area (Å²) in [6.07, 6.45) is 0. The lowest BCUT2D eigenvalue weighted by atomic mass is 10.3. The summed E-state index contributed by atoms with van der Waals surface area (Å²) in [4.78, 5) is 12.4. The molecule has 0 aliphatic rings. The maximum atomic E-state index is 12.8. The topological polar surface area (TPSA) is 26.3 Å². The Morgan fingerprint density at radius 1 is 1.39 bits per heavy atom. The van der Waals surface area contributed by atoms with E-state index in [9.17, 15) is 9.18 Å². The highest BCUT2D eigenvalue weighted by Crippen LogP contribution is 2.26. The van der Waals surface area contributed by atoms with Crippen LogP contribution in [-0.2, 0) is 0 Å². The molecule has 0 unspecified atom stereocenters. The molecule has 0 N–H and O–H groups in total. The van der Waals surface area contributed by atoms with Crippen molar-refractivity contribution in [3.63, 3.8) is 0 Å². The Morgan fingerprint density at radius 3 is 2.78 bits per heavy atom. The molecule has 2 nitrogen and oxygen atoms in total. The standard InChI is InChI=1S/C12H7BrClFO2S/c13-12-4-3-11(18-12)9(16)6-17-10-2-1-7(15)5-8(10)14/h1-5H,6H2. The number of halogens is 3. The zero-order valence-corrected chi connectivity index (χ0v) is 12.1. The lowest BCUT2D eigenvalue weighted by Gasteiger charge is -2.06. The van der Waals surface area contributed by atoms with Crippen LogP contribution in [0.1, 0.15) is 9.67 Å². The smallest absolute Gasteiger partial charge is 0.210 e. The molecule has 0 bridgehead atoms. The zero-order valence-electron chi connectivity index (χ0n) is 8.95. The van der Waals surface area contributed by atoms with Crippen molar-refractivity contribution in [3.05, 3.63) is 49.8 Å². The van der Waals surface area contributed by atoms with E-state index < -0.39 is 5.82 Å². The number of hydrogen-bond donors (Lipinski definition) is 0. The fourth-order valence-corrected chi connectivity index (χ4v) is 2.80. The van der Waals surface area contributed by atoms with Crippen molar-refractivity contribution in [2.75, 3.05) is 6.61 Å². The molecular formula is C12H7BrClFO2S. The Labute approximate surface area is 120 Å². The molecule has 0 saturated heterocycles. The zero-order chi connectivity index (χ0) is 13.1. The molecule has 1 aromatic carbocycles. The van der Waals surface area contributed by atoms with Gasteiger partial charge in [-0.25, -0.2) is 4.39 Å². The van der Waals surface area contributed by atoms with Crippen molar-refractivity contribution in [2.45, 2.75) is 0 Å². The SMILES string of the molecule is O=C(COc1ccc(F)cc1Cl)c1ccc(Br)s1. The first-order valence-corrected chi connectivity index (χ1v) is 6.91. The molecule has 6 heteroatoms. The van der Waals surface area contributed by atoms with E-state index in [1.165, 1.54) is 23.5 Å². The lowest BCUT2D eigenvalue weighted by Crippen LogP contribution is -2.10.